The van der Waals surface area contributed by atoms with Crippen molar-refractivity contribution in [3.05, 3.63) is 47.3 Å². The Labute approximate surface area is 105 Å². The number of hydrogen-bond donors (Lipinski definition) is 1. The first-order valence-corrected chi connectivity index (χ1v) is 5.51. The molecular weight excluding hydrogens is 230 g/mol. The van der Waals surface area contributed by atoms with Crippen molar-refractivity contribution < 1.29 is 9.26 Å². The molecule has 1 N–H and O–H groups in total. The van der Waals surface area contributed by atoms with E-state index in [1.807, 2.05) is 18.2 Å². The summed E-state index contributed by atoms with van der Waals surface area (Å²) in [5, 5.41) is 15.8. The van der Waals surface area contributed by atoms with Gasteiger partial charge in [0.25, 0.3) is 0 Å². The fourth-order valence-electron chi connectivity index (χ4n) is 1.62. The Hall–Kier alpha value is -2.32. The molecule has 2 aromatic rings. The molecule has 0 bridgehead atoms. The SMILES string of the molecule is COc1ccc(CNCc2ccno2)cc1C#N. The molecule has 0 amide bonds. The van der Waals surface area contributed by atoms with Crippen LogP contribution in [-0.2, 0) is 13.1 Å². The quantitative estimate of drug-likeness (QED) is 0.867. The Kier molecular flexibility index (Phi) is 3.94. The minimum Gasteiger partial charge on any atom is -0.495 e. The summed E-state index contributed by atoms with van der Waals surface area (Å²) in [6.45, 7) is 1.26. The maximum absolute atomic E-state index is 8.98. The second-order valence-corrected chi connectivity index (χ2v) is 3.73. The third kappa shape index (κ3) is 2.87. The van der Waals surface area contributed by atoms with Gasteiger partial charge in [0.1, 0.15) is 17.6 Å². The van der Waals surface area contributed by atoms with Crippen LogP contribution in [-0.4, -0.2) is 12.3 Å². The molecule has 2 rings (SSSR count). The Morgan fingerprint density at radius 2 is 2.28 bits per heavy atom. The average molecular weight is 243 g/mol. The molecule has 0 radical (unpaired) electrons. The van der Waals surface area contributed by atoms with Crippen LogP contribution < -0.4 is 10.1 Å². The minimum absolute atomic E-state index is 0.538. The van der Waals surface area contributed by atoms with Crippen LogP contribution in [0.5, 0.6) is 5.75 Å². The number of nitrogens with one attached hydrogen (secondary N) is 1. The summed E-state index contributed by atoms with van der Waals surface area (Å²) in [5.74, 6) is 1.38. The number of benzene rings is 1. The van der Waals surface area contributed by atoms with Gasteiger partial charge in [-0.3, -0.25) is 0 Å². The van der Waals surface area contributed by atoms with Crippen molar-refractivity contribution in [2.75, 3.05) is 7.11 Å². The average Bonchev–Trinajstić information content (AvgIpc) is 2.91. The van der Waals surface area contributed by atoms with Gasteiger partial charge < -0.3 is 14.6 Å². The van der Waals surface area contributed by atoms with Crippen LogP contribution in [0.1, 0.15) is 16.9 Å². The van der Waals surface area contributed by atoms with E-state index in [2.05, 4.69) is 16.5 Å². The molecule has 1 aromatic heterocycles. The standard InChI is InChI=1S/C13H13N3O2/c1-17-13-3-2-10(6-11(13)7-14)8-15-9-12-4-5-16-18-12/h2-6,15H,8-9H2,1H3. The maximum atomic E-state index is 8.98. The van der Waals surface area contributed by atoms with Gasteiger partial charge in [-0.05, 0) is 17.7 Å². The third-order valence-corrected chi connectivity index (χ3v) is 2.50. The zero-order valence-corrected chi connectivity index (χ0v) is 10.0. The van der Waals surface area contributed by atoms with Crippen LogP contribution in [0.25, 0.3) is 0 Å². The summed E-state index contributed by atoms with van der Waals surface area (Å²) in [7, 11) is 1.55. The van der Waals surface area contributed by atoms with Gasteiger partial charge in [-0.2, -0.15) is 5.26 Å². The topological polar surface area (TPSA) is 71.1 Å². The van der Waals surface area contributed by atoms with E-state index in [-0.39, 0.29) is 0 Å². The van der Waals surface area contributed by atoms with Crippen molar-refractivity contribution >= 4 is 0 Å². The van der Waals surface area contributed by atoms with Gasteiger partial charge in [0, 0.05) is 12.6 Å². The van der Waals surface area contributed by atoms with E-state index in [9.17, 15) is 0 Å². The lowest BCUT2D eigenvalue weighted by molar-refractivity contribution is 0.372. The molecule has 1 aromatic carbocycles. The molecule has 5 nitrogen and oxygen atoms in total. The summed E-state index contributed by atoms with van der Waals surface area (Å²) in [5.41, 5.74) is 1.56. The van der Waals surface area contributed by atoms with Crippen molar-refractivity contribution in [2.24, 2.45) is 0 Å². The van der Waals surface area contributed by atoms with Crippen molar-refractivity contribution in [3.8, 4) is 11.8 Å². The van der Waals surface area contributed by atoms with Crippen LogP contribution in [0.15, 0.2) is 35.0 Å². The number of aromatic nitrogens is 1. The van der Waals surface area contributed by atoms with Gasteiger partial charge in [-0.1, -0.05) is 11.2 Å². The van der Waals surface area contributed by atoms with Gasteiger partial charge in [-0.25, -0.2) is 0 Å². The molecule has 0 aliphatic carbocycles. The maximum Gasteiger partial charge on any atom is 0.150 e. The van der Waals surface area contributed by atoms with Crippen molar-refractivity contribution in [1.82, 2.24) is 10.5 Å². The summed E-state index contributed by atoms with van der Waals surface area (Å²) < 4.78 is 10.1. The normalized spacial score (nSPS) is 10.0. The number of rotatable bonds is 5. The largest absolute Gasteiger partial charge is 0.495 e. The molecule has 92 valence electrons. The first-order chi connectivity index (χ1) is 8.83. The number of methoxy groups -OCH3 is 1. The van der Waals surface area contributed by atoms with Gasteiger partial charge in [0.05, 0.1) is 25.4 Å². The fourth-order valence-corrected chi connectivity index (χ4v) is 1.62. The molecule has 18 heavy (non-hydrogen) atoms. The first kappa shape index (κ1) is 12.1. The molecule has 0 unspecified atom stereocenters. The van der Waals surface area contributed by atoms with Crippen LogP contribution in [0, 0.1) is 11.3 Å². The van der Waals surface area contributed by atoms with Gasteiger partial charge in [-0.15, -0.1) is 0 Å². The molecule has 0 saturated carbocycles. The highest BCUT2D eigenvalue weighted by atomic mass is 16.5. The molecule has 1 heterocycles. The van der Waals surface area contributed by atoms with Crippen LogP contribution in [0.4, 0.5) is 0 Å². The molecule has 0 saturated heterocycles. The second-order valence-electron chi connectivity index (χ2n) is 3.73. The highest BCUT2D eigenvalue weighted by Gasteiger charge is 2.03. The smallest absolute Gasteiger partial charge is 0.150 e. The highest BCUT2D eigenvalue weighted by Crippen LogP contribution is 2.18. The Bertz CT molecular complexity index is 544. The van der Waals surface area contributed by atoms with Crippen LogP contribution >= 0.6 is 0 Å². The van der Waals surface area contributed by atoms with E-state index in [4.69, 9.17) is 14.5 Å². The lowest BCUT2D eigenvalue weighted by Gasteiger charge is -2.06. The lowest BCUT2D eigenvalue weighted by atomic mass is 10.1. The molecule has 0 aliphatic heterocycles. The molecule has 0 atom stereocenters. The van der Waals surface area contributed by atoms with E-state index in [1.165, 1.54) is 0 Å². The van der Waals surface area contributed by atoms with Gasteiger partial charge in [0.15, 0.2) is 0 Å². The number of ether oxygens (including phenoxy) is 1. The van der Waals surface area contributed by atoms with Crippen molar-refractivity contribution in [3.63, 3.8) is 0 Å². The summed E-state index contributed by atoms with van der Waals surface area (Å²) in [6.07, 6.45) is 1.61. The van der Waals surface area contributed by atoms with E-state index in [0.717, 1.165) is 11.3 Å². The predicted octanol–water partition coefficient (Wildman–Crippen LogP) is 1.84. The zero-order chi connectivity index (χ0) is 12.8. The molecule has 0 spiro atoms. The monoisotopic (exact) mass is 243 g/mol. The van der Waals surface area contributed by atoms with Crippen molar-refractivity contribution in [1.29, 1.82) is 5.26 Å². The third-order valence-electron chi connectivity index (χ3n) is 2.50. The molecular formula is C13H13N3O2. The number of nitrogens with zero attached hydrogens (tertiary/aromatic N) is 2. The number of nitriles is 1. The summed E-state index contributed by atoms with van der Waals surface area (Å²) in [4.78, 5) is 0. The highest BCUT2D eigenvalue weighted by molar-refractivity contribution is 5.45. The van der Waals surface area contributed by atoms with E-state index >= 15 is 0 Å². The van der Waals surface area contributed by atoms with Crippen molar-refractivity contribution in [2.45, 2.75) is 13.1 Å². The van der Waals surface area contributed by atoms with Crippen LogP contribution in [0.3, 0.4) is 0 Å². The van der Waals surface area contributed by atoms with Crippen LogP contribution in [0.2, 0.25) is 0 Å². The summed E-state index contributed by atoms with van der Waals surface area (Å²) >= 11 is 0. The minimum atomic E-state index is 0.538. The molecule has 0 aliphatic rings. The summed E-state index contributed by atoms with van der Waals surface area (Å²) in [6, 6.07) is 9.45. The first-order valence-electron chi connectivity index (χ1n) is 5.51. The second kappa shape index (κ2) is 5.84. The van der Waals surface area contributed by atoms with E-state index in [0.29, 0.717) is 24.4 Å². The molecule has 0 fully saturated rings. The van der Waals surface area contributed by atoms with Gasteiger partial charge in [0.2, 0.25) is 0 Å². The van der Waals surface area contributed by atoms with E-state index < -0.39 is 0 Å². The Balaban J connectivity index is 1.96. The lowest BCUT2D eigenvalue weighted by Crippen LogP contribution is -2.12. The Morgan fingerprint density at radius 1 is 1.39 bits per heavy atom. The predicted molar refractivity (Wildman–Crippen MR) is 64.8 cm³/mol. The van der Waals surface area contributed by atoms with E-state index in [1.54, 1.807) is 19.4 Å². The molecule has 5 heteroatoms. The zero-order valence-electron chi connectivity index (χ0n) is 10.0. The fraction of sp³-hybridized carbons (Fsp3) is 0.231. The Morgan fingerprint density at radius 3 is 2.94 bits per heavy atom. The number of hydrogen-bond acceptors (Lipinski definition) is 5. The van der Waals surface area contributed by atoms with Gasteiger partial charge >= 0.3 is 0 Å².